The largest absolute Gasteiger partial charge is 0.459 e. The molecule has 1 aromatic carbocycles. The predicted octanol–water partition coefficient (Wildman–Crippen LogP) is 3.68. The summed E-state index contributed by atoms with van der Waals surface area (Å²) in [7, 11) is 0. The number of benzene rings is 1. The topological polar surface area (TPSA) is 65.8 Å². The van der Waals surface area contributed by atoms with E-state index in [9.17, 15) is 9.59 Å². The van der Waals surface area contributed by atoms with Crippen molar-refractivity contribution >= 4 is 23.2 Å². The van der Waals surface area contributed by atoms with Crippen LogP contribution in [0, 0.1) is 12.8 Å². The Hall–Kier alpha value is -2.76. The molecule has 0 unspecified atom stereocenters. The van der Waals surface area contributed by atoms with Crippen LogP contribution >= 0.6 is 0 Å². The SMILES string of the molecule is Cc1cc(N2CCCC2)ccc1NC(=O)C1CCN(C(=O)c2ccco2)CC1. The lowest BCUT2D eigenvalue weighted by atomic mass is 9.95. The van der Waals surface area contributed by atoms with Gasteiger partial charge < -0.3 is 19.5 Å². The number of rotatable bonds is 4. The lowest BCUT2D eigenvalue weighted by Gasteiger charge is -2.31. The fraction of sp³-hybridized carbons (Fsp3) is 0.455. The first-order valence-electron chi connectivity index (χ1n) is 10.1. The van der Waals surface area contributed by atoms with E-state index in [1.807, 2.05) is 13.0 Å². The molecule has 3 heterocycles. The van der Waals surface area contributed by atoms with Crippen LogP contribution in [0.25, 0.3) is 0 Å². The van der Waals surface area contributed by atoms with Gasteiger partial charge >= 0.3 is 0 Å². The molecule has 2 amide bonds. The van der Waals surface area contributed by atoms with E-state index in [-0.39, 0.29) is 17.7 Å². The zero-order chi connectivity index (χ0) is 19.5. The molecule has 2 aliphatic rings. The molecule has 148 valence electrons. The second-order valence-electron chi connectivity index (χ2n) is 7.73. The van der Waals surface area contributed by atoms with Crippen LogP contribution in [0.4, 0.5) is 11.4 Å². The van der Waals surface area contributed by atoms with Crippen LogP contribution in [0.1, 0.15) is 41.8 Å². The fourth-order valence-electron chi connectivity index (χ4n) is 4.10. The summed E-state index contributed by atoms with van der Waals surface area (Å²) in [5.41, 5.74) is 3.20. The van der Waals surface area contributed by atoms with E-state index in [0.29, 0.717) is 31.7 Å². The molecule has 2 fully saturated rings. The van der Waals surface area contributed by atoms with E-state index in [4.69, 9.17) is 4.42 Å². The van der Waals surface area contributed by atoms with E-state index in [1.54, 1.807) is 17.0 Å². The van der Waals surface area contributed by atoms with Gasteiger partial charge in [0, 0.05) is 43.5 Å². The van der Waals surface area contributed by atoms with Gasteiger partial charge in [-0.05, 0) is 68.5 Å². The molecule has 6 heteroatoms. The molecular weight excluding hydrogens is 354 g/mol. The summed E-state index contributed by atoms with van der Waals surface area (Å²) in [6.07, 6.45) is 5.34. The van der Waals surface area contributed by atoms with Crippen molar-refractivity contribution < 1.29 is 14.0 Å². The van der Waals surface area contributed by atoms with Crippen molar-refractivity contribution in [3.05, 3.63) is 47.9 Å². The van der Waals surface area contributed by atoms with Crippen molar-refractivity contribution in [2.24, 2.45) is 5.92 Å². The Balaban J connectivity index is 1.32. The van der Waals surface area contributed by atoms with Crippen molar-refractivity contribution in [1.82, 2.24) is 4.90 Å². The standard InChI is InChI=1S/C22H27N3O3/c1-16-15-18(24-10-2-3-11-24)6-7-19(16)23-21(26)17-8-12-25(13-9-17)22(27)20-5-4-14-28-20/h4-7,14-15,17H,2-3,8-13H2,1H3,(H,23,26). The molecule has 2 aromatic rings. The summed E-state index contributed by atoms with van der Waals surface area (Å²) in [4.78, 5) is 29.2. The molecule has 1 N–H and O–H groups in total. The summed E-state index contributed by atoms with van der Waals surface area (Å²) in [6.45, 7) is 5.41. The summed E-state index contributed by atoms with van der Waals surface area (Å²) >= 11 is 0. The first-order valence-corrected chi connectivity index (χ1v) is 10.1. The Kier molecular flexibility index (Phi) is 5.37. The van der Waals surface area contributed by atoms with Gasteiger partial charge in [-0.3, -0.25) is 9.59 Å². The highest BCUT2D eigenvalue weighted by Crippen LogP contribution is 2.27. The second kappa shape index (κ2) is 8.09. The molecule has 0 aliphatic carbocycles. The molecule has 6 nitrogen and oxygen atoms in total. The molecule has 4 rings (SSSR count). The van der Waals surface area contributed by atoms with Crippen LogP contribution in [-0.4, -0.2) is 42.9 Å². The van der Waals surface area contributed by atoms with Crippen molar-refractivity contribution in [3.63, 3.8) is 0 Å². The number of piperidine rings is 1. The number of amides is 2. The van der Waals surface area contributed by atoms with Gasteiger partial charge in [0.15, 0.2) is 5.76 Å². The molecule has 2 saturated heterocycles. The molecule has 28 heavy (non-hydrogen) atoms. The number of aryl methyl sites for hydroxylation is 1. The van der Waals surface area contributed by atoms with Crippen LogP contribution in [0.5, 0.6) is 0 Å². The zero-order valence-electron chi connectivity index (χ0n) is 16.3. The third kappa shape index (κ3) is 3.91. The average Bonchev–Trinajstić information content (AvgIpc) is 3.43. The minimum atomic E-state index is -0.0998. The normalized spacial score (nSPS) is 17.8. The molecule has 0 radical (unpaired) electrons. The highest BCUT2D eigenvalue weighted by molar-refractivity contribution is 5.94. The Labute approximate surface area is 165 Å². The Bertz CT molecular complexity index is 833. The number of furan rings is 1. The first-order chi connectivity index (χ1) is 13.6. The second-order valence-corrected chi connectivity index (χ2v) is 7.73. The van der Waals surface area contributed by atoms with E-state index in [2.05, 4.69) is 22.3 Å². The predicted molar refractivity (Wildman–Crippen MR) is 109 cm³/mol. The molecule has 0 bridgehead atoms. The van der Waals surface area contributed by atoms with Gasteiger partial charge in [-0.15, -0.1) is 0 Å². The lowest BCUT2D eigenvalue weighted by Crippen LogP contribution is -2.41. The maximum atomic E-state index is 12.7. The number of carbonyl (C=O) groups is 2. The number of likely N-dealkylation sites (tertiary alicyclic amines) is 1. The van der Waals surface area contributed by atoms with Gasteiger partial charge in [-0.1, -0.05) is 0 Å². The quantitative estimate of drug-likeness (QED) is 0.877. The van der Waals surface area contributed by atoms with Crippen LogP contribution in [0.3, 0.4) is 0 Å². The van der Waals surface area contributed by atoms with Crippen LogP contribution < -0.4 is 10.2 Å². The molecule has 0 atom stereocenters. The monoisotopic (exact) mass is 381 g/mol. The van der Waals surface area contributed by atoms with Crippen LogP contribution in [0.2, 0.25) is 0 Å². The van der Waals surface area contributed by atoms with Gasteiger partial charge in [0.1, 0.15) is 0 Å². The summed E-state index contributed by atoms with van der Waals surface area (Å²) < 4.78 is 5.19. The highest BCUT2D eigenvalue weighted by atomic mass is 16.3. The molecule has 1 aromatic heterocycles. The smallest absolute Gasteiger partial charge is 0.289 e. The maximum Gasteiger partial charge on any atom is 0.289 e. The van der Waals surface area contributed by atoms with E-state index < -0.39 is 0 Å². The summed E-state index contributed by atoms with van der Waals surface area (Å²) in [5, 5.41) is 3.09. The number of hydrogen-bond acceptors (Lipinski definition) is 4. The van der Waals surface area contributed by atoms with Crippen LogP contribution in [-0.2, 0) is 4.79 Å². The fourth-order valence-corrected chi connectivity index (χ4v) is 4.10. The lowest BCUT2D eigenvalue weighted by molar-refractivity contribution is -0.121. The van der Waals surface area contributed by atoms with E-state index in [0.717, 1.165) is 24.3 Å². The van der Waals surface area contributed by atoms with Gasteiger partial charge in [-0.2, -0.15) is 0 Å². The van der Waals surface area contributed by atoms with Gasteiger partial charge in [0.25, 0.3) is 5.91 Å². The molecule has 0 saturated carbocycles. The number of carbonyl (C=O) groups excluding carboxylic acids is 2. The maximum absolute atomic E-state index is 12.7. The third-order valence-electron chi connectivity index (χ3n) is 5.82. The summed E-state index contributed by atoms with van der Waals surface area (Å²) in [5.74, 6) is 0.231. The van der Waals surface area contributed by atoms with E-state index >= 15 is 0 Å². The molecule has 2 aliphatic heterocycles. The number of nitrogens with one attached hydrogen (secondary N) is 1. The Morgan fingerprint density at radius 3 is 2.46 bits per heavy atom. The van der Waals surface area contributed by atoms with E-state index in [1.165, 1.54) is 24.8 Å². The van der Waals surface area contributed by atoms with Crippen molar-refractivity contribution in [1.29, 1.82) is 0 Å². The number of hydrogen-bond donors (Lipinski definition) is 1. The molecular formula is C22H27N3O3. The summed E-state index contributed by atoms with van der Waals surface area (Å²) in [6, 6.07) is 9.65. The minimum absolute atomic E-state index is 0.0436. The van der Waals surface area contributed by atoms with Crippen molar-refractivity contribution in [2.45, 2.75) is 32.6 Å². The first kappa shape index (κ1) is 18.6. The Morgan fingerprint density at radius 2 is 1.82 bits per heavy atom. The Morgan fingerprint density at radius 1 is 1.07 bits per heavy atom. The average molecular weight is 381 g/mol. The number of nitrogens with zero attached hydrogens (tertiary/aromatic N) is 2. The van der Waals surface area contributed by atoms with Crippen LogP contribution in [0.15, 0.2) is 41.0 Å². The van der Waals surface area contributed by atoms with Gasteiger partial charge in [0.05, 0.1) is 6.26 Å². The third-order valence-corrected chi connectivity index (χ3v) is 5.82. The van der Waals surface area contributed by atoms with Crippen molar-refractivity contribution in [2.75, 3.05) is 36.4 Å². The van der Waals surface area contributed by atoms with Gasteiger partial charge in [-0.25, -0.2) is 0 Å². The highest BCUT2D eigenvalue weighted by Gasteiger charge is 2.29. The molecule has 0 spiro atoms. The van der Waals surface area contributed by atoms with Crippen molar-refractivity contribution in [3.8, 4) is 0 Å². The minimum Gasteiger partial charge on any atom is -0.459 e. The van der Waals surface area contributed by atoms with Gasteiger partial charge in [0.2, 0.25) is 5.91 Å². The zero-order valence-corrected chi connectivity index (χ0v) is 16.3. The number of anilines is 2.